The third-order valence-electron chi connectivity index (χ3n) is 4.68. The molecule has 1 aliphatic rings. The van der Waals surface area contributed by atoms with Crippen molar-refractivity contribution in [2.75, 3.05) is 16.8 Å². The Balaban J connectivity index is 1.39. The summed E-state index contributed by atoms with van der Waals surface area (Å²) in [6, 6.07) is 16.6. The summed E-state index contributed by atoms with van der Waals surface area (Å²) in [5.74, 6) is -1.12. The van der Waals surface area contributed by atoms with E-state index in [9.17, 15) is 18.8 Å². The highest BCUT2D eigenvalue weighted by molar-refractivity contribution is 6.40. The zero-order valence-corrected chi connectivity index (χ0v) is 16.9. The summed E-state index contributed by atoms with van der Waals surface area (Å²) in [6.45, 7) is 0.109. The number of anilines is 2. The fourth-order valence-electron chi connectivity index (χ4n) is 3.19. The van der Waals surface area contributed by atoms with E-state index in [1.54, 1.807) is 30.3 Å². The molecule has 0 aromatic heterocycles. The van der Waals surface area contributed by atoms with E-state index in [-0.39, 0.29) is 35.5 Å². The summed E-state index contributed by atoms with van der Waals surface area (Å²) in [4.78, 5) is 38.4. The predicted octanol–water partition coefficient (Wildman–Crippen LogP) is 4.69. The van der Waals surface area contributed by atoms with Crippen LogP contribution in [0.2, 0.25) is 5.02 Å². The second kappa shape index (κ2) is 8.57. The largest absolute Gasteiger partial charge is 0.493 e. The molecule has 3 aromatic rings. The number of carbonyl (C=O) groups excluding carboxylic acids is 3. The van der Waals surface area contributed by atoms with Crippen LogP contribution >= 0.6 is 11.6 Å². The second-order valence-corrected chi connectivity index (χ2v) is 7.17. The van der Waals surface area contributed by atoms with Crippen LogP contribution < -0.4 is 15.0 Å². The maximum atomic E-state index is 12.9. The van der Waals surface area contributed by atoms with Gasteiger partial charge in [-0.25, -0.2) is 9.29 Å². The minimum atomic E-state index is -0.447. The molecule has 0 bridgehead atoms. The molecule has 1 heterocycles. The van der Waals surface area contributed by atoms with Crippen molar-refractivity contribution >= 4 is 40.7 Å². The number of halogens is 2. The van der Waals surface area contributed by atoms with Crippen molar-refractivity contribution in [3.63, 3.8) is 0 Å². The average molecular weight is 439 g/mol. The highest BCUT2D eigenvalue weighted by atomic mass is 35.5. The molecule has 0 radical (unpaired) electrons. The number of ether oxygens (including phenoxy) is 1. The van der Waals surface area contributed by atoms with Gasteiger partial charge in [0.25, 0.3) is 11.8 Å². The van der Waals surface area contributed by atoms with E-state index in [4.69, 9.17) is 16.3 Å². The van der Waals surface area contributed by atoms with Crippen molar-refractivity contribution in [2.45, 2.75) is 6.42 Å². The normalized spacial score (nSPS) is 12.6. The van der Waals surface area contributed by atoms with E-state index in [0.717, 1.165) is 4.90 Å². The Hall–Kier alpha value is -3.71. The number of fused-ring (bicyclic) bond motifs is 1. The lowest BCUT2D eigenvalue weighted by Crippen LogP contribution is -2.29. The lowest BCUT2D eigenvalue weighted by Gasteiger charge is -2.16. The van der Waals surface area contributed by atoms with Crippen LogP contribution in [0.5, 0.6) is 5.75 Å². The van der Waals surface area contributed by atoms with Crippen molar-refractivity contribution in [2.24, 2.45) is 0 Å². The predicted molar refractivity (Wildman–Crippen MR) is 114 cm³/mol. The van der Waals surface area contributed by atoms with Crippen LogP contribution in [0.3, 0.4) is 0 Å². The van der Waals surface area contributed by atoms with Crippen LogP contribution in [0.4, 0.5) is 15.8 Å². The molecule has 0 spiro atoms. The van der Waals surface area contributed by atoms with Crippen LogP contribution in [0, 0.1) is 5.82 Å². The SMILES string of the molecule is O=C(CCOc1ccc(F)cc1)Nc1ccc(N2C(=O)c3ccccc3C2=O)c(Cl)c1. The highest BCUT2D eigenvalue weighted by Crippen LogP contribution is 2.34. The van der Waals surface area contributed by atoms with Gasteiger partial charge in [-0.3, -0.25) is 14.4 Å². The molecule has 31 heavy (non-hydrogen) atoms. The Morgan fingerprint density at radius 3 is 2.23 bits per heavy atom. The minimum absolute atomic E-state index is 0.0646. The third kappa shape index (κ3) is 4.27. The Morgan fingerprint density at radius 2 is 1.61 bits per heavy atom. The molecule has 1 N–H and O–H groups in total. The number of hydrogen-bond donors (Lipinski definition) is 1. The summed E-state index contributed by atoms with van der Waals surface area (Å²) >= 11 is 6.31. The number of nitrogens with zero attached hydrogens (tertiary/aromatic N) is 1. The molecule has 3 amide bonds. The number of nitrogens with one attached hydrogen (secondary N) is 1. The summed E-state index contributed by atoms with van der Waals surface area (Å²) in [7, 11) is 0. The number of imide groups is 1. The number of hydrogen-bond acceptors (Lipinski definition) is 4. The maximum Gasteiger partial charge on any atom is 0.266 e. The first-order chi connectivity index (χ1) is 14.9. The van der Waals surface area contributed by atoms with Crippen LogP contribution in [0.1, 0.15) is 27.1 Å². The van der Waals surface area contributed by atoms with E-state index >= 15 is 0 Å². The molecular weight excluding hydrogens is 423 g/mol. The lowest BCUT2D eigenvalue weighted by atomic mass is 10.1. The molecule has 6 nitrogen and oxygen atoms in total. The van der Waals surface area contributed by atoms with Gasteiger partial charge < -0.3 is 10.1 Å². The zero-order valence-electron chi connectivity index (χ0n) is 16.1. The molecular formula is C23H16ClFN2O4. The van der Waals surface area contributed by atoms with Crippen molar-refractivity contribution in [3.05, 3.63) is 88.7 Å². The zero-order chi connectivity index (χ0) is 22.0. The number of benzene rings is 3. The Bertz CT molecular complexity index is 1150. The lowest BCUT2D eigenvalue weighted by molar-refractivity contribution is -0.116. The van der Waals surface area contributed by atoms with E-state index in [1.807, 2.05) is 0 Å². The van der Waals surface area contributed by atoms with E-state index < -0.39 is 11.8 Å². The minimum Gasteiger partial charge on any atom is -0.493 e. The van der Waals surface area contributed by atoms with Gasteiger partial charge in [0.2, 0.25) is 5.91 Å². The van der Waals surface area contributed by atoms with E-state index in [1.165, 1.54) is 36.4 Å². The van der Waals surface area contributed by atoms with Crippen LogP contribution in [0.15, 0.2) is 66.7 Å². The van der Waals surface area contributed by atoms with Gasteiger partial charge in [-0.2, -0.15) is 0 Å². The van der Waals surface area contributed by atoms with Gasteiger partial charge in [-0.15, -0.1) is 0 Å². The van der Waals surface area contributed by atoms with E-state index in [2.05, 4.69) is 5.32 Å². The number of rotatable bonds is 6. The Kier molecular flexibility index (Phi) is 5.68. The molecule has 0 fully saturated rings. The summed E-state index contributed by atoms with van der Waals surface area (Å²) < 4.78 is 18.3. The Morgan fingerprint density at radius 1 is 0.968 bits per heavy atom. The molecule has 8 heteroatoms. The van der Waals surface area contributed by atoms with Crippen molar-refractivity contribution < 1.29 is 23.5 Å². The maximum absolute atomic E-state index is 12.9. The topological polar surface area (TPSA) is 75.7 Å². The first kappa shape index (κ1) is 20.6. The average Bonchev–Trinajstić information content (AvgIpc) is 3.00. The van der Waals surface area contributed by atoms with Crippen LogP contribution in [-0.2, 0) is 4.79 Å². The summed E-state index contributed by atoms with van der Waals surface area (Å²) in [6.07, 6.45) is 0.0646. The van der Waals surface area contributed by atoms with Crippen LogP contribution in [-0.4, -0.2) is 24.3 Å². The second-order valence-electron chi connectivity index (χ2n) is 6.76. The highest BCUT2D eigenvalue weighted by Gasteiger charge is 2.37. The molecule has 0 unspecified atom stereocenters. The number of carbonyl (C=O) groups is 3. The van der Waals surface area contributed by atoms with E-state index in [0.29, 0.717) is 22.6 Å². The van der Waals surface area contributed by atoms with Gasteiger partial charge in [-0.05, 0) is 54.6 Å². The van der Waals surface area contributed by atoms with Crippen molar-refractivity contribution in [1.82, 2.24) is 0 Å². The van der Waals surface area contributed by atoms with Gasteiger partial charge in [0.05, 0.1) is 34.9 Å². The summed E-state index contributed by atoms with van der Waals surface area (Å²) in [5, 5.41) is 2.83. The molecule has 4 rings (SSSR count). The monoisotopic (exact) mass is 438 g/mol. The quantitative estimate of drug-likeness (QED) is 0.566. The summed E-state index contributed by atoms with van der Waals surface area (Å²) in [5.41, 5.74) is 1.30. The van der Waals surface area contributed by atoms with Crippen LogP contribution in [0.25, 0.3) is 0 Å². The first-order valence-electron chi connectivity index (χ1n) is 9.39. The molecule has 0 atom stereocenters. The molecule has 1 aliphatic heterocycles. The van der Waals surface area contributed by atoms with Gasteiger partial charge >= 0.3 is 0 Å². The molecule has 0 aliphatic carbocycles. The van der Waals surface area contributed by atoms with Crippen molar-refractivity contribution in [1.29, 1.82) is 0 Å². The third-order valence-corrected chi connectivity index (χ3v) is 4.98. The van der Waals surface area contributed by atoms with Gasteiger partial charge in [0, 0.05) is 5.69 Å². The van der Waals surface area contributed by atoms with Gasteiger partial charge in [0.1, 0.15) is 11.6 Å². The number of amides is 3. The van der Waals surface area contributed by atoms with Crippen molar-refractivity contribution in [3.8, 4) is 5.75 Å². The smallest absolute Gasteiger partial charge is 0.266 e. The standard InChI is InChI=1S/C23H16ClFN2O4/c24-19-13-15(26-21(28)11-12-31-16-8-5-14(25)6-9-16)7-10-20(19)27-22(29)17-3-1-2-4-18(17)23(27)30/h1-10,13H,11-12H2,(H,26,28). The first-order valence-corrected chi connectivity index (χ1v) is 9.77. The Labute approximate surface area is 182 Å². The molecule has 0 saturated carbocycles. The molecule has 156 valence electrons. The fraction of sp³-hybridized carbons (Fsp3) is 0.0870. The fourth-order valence-corrected chi connectivity index (χ4v) is 3.45. The molecule has 0 saturated heterocycles. The van der Waals surface area contributed by atoms with Gasteiger partial charge in [-0.1, -0.05) is 23.7 Å². The molecule has 3 aromatic carbocycles. The van der Waals surface area contributed by atoms with Gasteiger partial charge in [0.15, 0.2) is 0 Å².